The number of nitrogens with zero attached hydrogens (tertiary/aromatic N) is 2. The van der Waals surface area contributed by atoms with E-state index in [0.29, 0.717) is 12.1 Å². The molecular formula is C20H27FN4. The molecular weight excluding hydrogens is 315 g/mol. The second-order valence-corrected chi connectivity index (χ2v) is 5.79. The molecule has 0 heterocycles. The maximum absolute atomic E-state index is 13.2. The molecule has 0 unspecified atom stereocenters. The molecule has 25 heavy (non-hydrogen) atoms. The van der Waals surface area contributed by atoms with Crippen molar-refractivity contribution in [2.45, 2.75) is 0 Å². The molecule has 0 amide bonds. The summed E-state index contributed by atoms with van der Waals surface area (Å²) in [6, 6.07) is 6.17. The van der Waals surface area contributed by atoms with Gasteiger partial charge < -0.3 is 15.6 Å². The summed E-state index contributed by atoms with van der Waals surface area (Å²) in [4.78, 5) is 2.04. The van der Waals surface area contributed by atoms with Gasteiger partial charge in [-0.15, -0.1) is 0 Å². The van der Waals surface area contributed by atoms with Crippen LogP contribution in [0.5, 0.6) is 0 Å². The standard InChI is InChI=1S/C20H27FN4/c1-5-6-18(11-12-22)20(15-25(23)14-13-24(3)4)16(2)17-7-9-19(21)10-8-17/h5-12,15H,1-2,13-14,22-23H2,3-4H3/b12-11-,18-6+,20-15+. The first-order valence-electron chi connectivity index (χ1n) is 7.93. The zero-order valence-corrected chi connectivity index (χ0v) is 15.0. The van der Waals surface area contributed by atoms with Crippen molar-refractivity contribution in [3.63, 3.8) is 0 Å². The lowest BCUT2D eigenvalue weighted by atomic mass is 9.93. The predicted octanol–water partition coefficient (Wildman–Crippen LogP) is 3.04. The largest absolute Gasteiger partial charge is 0.405 e. The molecule has 4 N–H and O–H groups in total. The Labute approximate surface area is 149 Å². The van der Waals surface area contributed by atoms with E-state index in [4.69, 9.17) is 11.6 Å². The average Bonchev–Trinajstić information content (AvgIpc) is 2.58. The second-order valence-electron chi connectivity index (χ2n) is 5.79. The molecule has 0 radical (unpaired) electrons. The summed E-state index contributed by atoms with van der Waals surface area (Å²) in [5.74, 6) is 5.82. The summed E-state index contributed by atoms with van der Waals surface area (Å²) in [5.41, 5.74) is 8.68. The second kappa shape index (κ2) is 10.3. The van der Waals surface area contributed by atoms with Gasteiger partial charge in [0, 0.05) is 24.9 Å². The number of halogens is 1. The first-order chi connectivity index (χ1) is 11.9. The van der Waals surface area contributed by atoms with Crippen LogP contribution >= 0.6 is 0 Å². The smallest absolute Gasteiger partial charge is 0.123 e. The molecule has 1 aromatic rings. The van der Waals surface area contributed by atoms with Crippen molar-refractivity contribution in [3.05, 3.63) is 90.6 Å². The van der Waals surface area contributed by atoms with E-state index in [1.807, 2.05) is 31.3 Å². The zero-order valence-electron chi connectivity index (χ0n) is 15.0. The number of likely N-dealkylation sites (N-methyl/N-ethyl adjacent to an activating group) is 1. The summed E-state index contributed by atoms with van der Waals surface area (Å²) in [7, 11) is 3.96. The van der Waals surface area contributed by atoms with Gasteiger partial charge in [-0.2, -0.15) is 0 Å². The van der Waals surface area contributed by atoms with Crippen LogP contribution in [0.4, 0.5) is 4.39 Å². The van der Waals surface area contributed by atoms with Crippen LogP contribution in [-0.4, -0.2) is 37.1 Å². The first kappa shape index (κ1) is 20.4. The summed E-state index contributed by atoms with van der Waals surface area (Å²) in [5, 5.41) is 1.60. The highest BCUT2D eigenvalue weighted by molar-refractivity contribution is 5.83. The van der Waals surface area contributed by atoms with Gasteiger partial charge in [0.15, 0.2) is 0 Å². The van der Waals surface area contributed by atoms with Gasteiger partial charge in [-0.1, -0.05) is 37.4 Å². The molecule has 0 atom stereocenters. The van der Waals surface area contributed by atoms with Crippen molar-refractivity contribution >= 4 is 5.57 Å². The van der Waals surface area contributed by atoms with E-state index in [2.05, 4.69) is 13.2 Å². The van der Waals surface area contributed by atoms with Gasteiger partial charge in [0.1, 0.15) is 5.82 Å². The van der Waals surface area contributed by atoms with Gasteiger partial charge in [-0.3, -0.25) is 0 Å². The van der Waals surface area contributed by atoms with Crippen molar-refractivity contribution in [2.75, 3.05) is 27.2 Å². The molecule has 0 fully saturated rings. The van der Waals surface area contributed by atoms with E-state index in [9.17, 15) is 4.39 Å². The Kier molecular flexibility index (Phi) is 8.39. The Morgan fingerprint density at radius 3 is 2.36 bits per heavy atom. The molecule has 5 heteroatoms. The lowest BCUT2D eigenvalue weighted by Crippen LogP contribution is -2.33. The number of hydrogen-bond donors (Lipinski definition) is 2. The number of allylic oxidation sites excluding steroid dienone is 6. The van der Waals surface area contributed by atoms with Gasteiger partial charge in [-0.25, -0.2) is 10.2 Å². The van der Waals surface area contributed by atoms with E-state index in [0.717, 1.165) is 23.3 Å². The lowest BCUT2D eigenvalue weighted by molar-refractivity contribution is 0.313. The molecule has 0 spiro atoms. The molecule has 1 aromatic carbocycles. The van der Waals surface area contributed by atoms with Gasteiger partial charge in [0.05, 0.1) is 0 Å². The fraction of sp³-hybridized carbons (Fsp3) is 0.200. The van der Waals surface area contributed by atoms with Crippen LogP contribution in [0.3, 0.4) is 0 Å². The van der Waals surface area contributed by atoms with E-state index < -0.39 is 0 Å². The molecule has 4 nitrogen and oxygen atoms in total. The van der Waals surface area contributed by atoms with E-state index in [-0.39, 0.29) is 5.82 Å². The summed E-state index contributed by atoms with van der Waals surface area (Å²) >= 11 is 0. The van der Waals surface area contributed by atoms with E-state index in [1.165, 1.54) is 18.3 Å². The third kappa shape index (κ3) is 6.79. The highest BCUT2D eigenvalue weighted by Crippen LogP contribution is 2.28. The maximum Gasteiger partial charge on any atom is 0.123 e. The van der Waals surface area contributed by atoms with Crippen LogP contribution in [-0.2, 0) is 0 Å². The van der Waals surface area contributed by atoms with Gasteiger partial charge in [0.2, 0.25) is 0 Å². The third-order valence-corrected chi connectivity index (χ3v) is 3.50. The van der Waals surface area contributed by atoms with Gasteiger partial charge in [-0.05, 0) is 55.2 Å². The number of benzene rings is 1. The van der Waals surface area contributed by atoms with Crippen molar-refractivity contribution in [1.29, 1.82) is 0 Å². The number of nitrogens with two attached hydrogens (primary N) is 2. The maximum atomic E-state index is 13.2. The van der Waals surface area contributed by atoms with Crippen LogP contribution in [0.25, 0.3) is 5.57 Å². The summed E-state index contributed by atoms with van der Waals surface area (Å²) < 4.78 is 13.2. The van der Waals surface area contributed by atoms with Gasteiger partial charge in [0.25, 0.3) is 0 Å². The van der Waals surface area contributed by atoms with Gasteiger partial charge >= 0.3 is 0 Å². The summed E-state index contributed by atoms with van der Waals surface area (Å²) in [6.45, 7) is 9.34. The topological polar surface area (TPSA) is 58.5 Å². The average molecular weight is 342 g/mol. The Hall–Kier alpha value is -2.63. The normalized spacial score (nSPS) is 12.7. The Morgan fingerprint density at radius 1 is 1.20 bits per heavy atom. The molecule has 0 saturated carbocycles. The predicted molar refractivity (Wildman–Crippen MR) is 105 cm³/mol. The van der Waals surface area contributed by atoms with Crippen molar-refractivity contribution in [1.82, 2.24) is 9.91 Å². The van der Waals surface area contributed by atoms with Crippen LogP contribution in [0, 0.1) is 5.82 Å². The Bertz CT molecular complexity index is 669. The van der Waals surface area contributed by atoms with Crippen LogP contribution < -0.4 is 11.6 Å². The highest BCUT2D eigenvalue weighted by atomic mass is 19.1. The van der Waals surface area contributed by atoms with Crippen LogP contribution in [0.2, 0.25) is 0 Å². The molecule has 1 rings (SSSR count). The third-order valence-electron chi connectivity index (χ3n) is 3.50. The fourth-order valence-corrected chi connectivity index (χ4v) is 2.14. The van der Waals surface area contributed by atoms with Crippen molar-refractivity contribution < 1.29 is 4.39 Å². The molecule has 0 aliphatic rings. The molecule has 134 valence electrons. The van der Waals surface area contributed by atoms with E-state index >= 15 is 0 Å². The number of hydrazine groups is 1. The number of hydrogen-bond acceptors (Lipinski definition) is 4. The molecule has 0 aliphatic carbocycles. The minimum absolute atomic E-state index is 0.294. The molecule has 0 aromatic heterocycles. The van der Waals surface area contributed by atoms with Crippen LogP contribution in [0.1, 0.15) is 5.56 Å². The highest BCUT2D eigenvalue weighted by Gasteiger charge is 2.11. The number of rotatable bonds is 9. The van der Waals surface area contributed by atoms with Crippen LogP contribution in [0.15, 0.2) is 79.2 Å². The zero-order chi connectivity index (χ0) is 18.8. The van der Waals surface area contributed by atoms with Crippen molar-refractivity contribution in [3.8, 4) is 0 Å². The first-order valence-corrected chi connectivity index (χ1v) is 7.93. The minimum Gasteiger partial charge on any atom is -0.405 e. The molecule has 0 aliphatic heterocycles. The SMILES string of the molecule is C=C/C=C(\C=C/N)C(=C/N(N)CCN(C)C)/C(=C)c1ccc(F)cc1. The quantitative estimate of drug-likeness (QED) is 0.411. The Morgan fingerprint density at radius 2 is 1.84 bits per heavy atom. The fourth-order valence-electron chi connectivity index (χ4n) is 2.14. The summed E-state index contributed by atoms with van der Waals surface area (Å²) in [6.07, 6.45) is 8.50. The van der Waals surface area contributed by atoms with E-state index in [1.54, 1.807) is 29.3 Å². The Balaban J connectivity index is 3.26. The molecule has 0 saturated heterocycles. The van der Waals surface area contributed by atoms with Crippen molar-refractivity contribution in [2.24, 2.45) is 11.6 Å². The monoisotopic (exact) mass is 342 g/mol. The minimum atomic E-state index is -0.294. The lowest BCUT2D eigenvalue weighted by Gasteiger charge is -2.20. The molecule has 0 bridgehead atoms.